The number of hydrogen-bond acceptors (Lipinski definition) is 5. The minimum absolute atomic E-state index is 0.0531. The Morgan fingerprint density at radius 3 is 2.57 bits per heavy atom. The summed E-state index contributed by atoms with van der Waals surface area (Å²) in [5, 5.41) is 11.0. The Morgan fingerprint density at radius 1 is 1.18 bits per heavy atom. The summed E-state index contributed by atoms with van der Waals surface area (Å²) in [4.78, 5) is 18.3. The third kappa shape index (κ3) is 3.03. The largest absolute Gasteiger partial charge is 0.497 e. The highest BCUT2D eigenvalue weighted by Crippen LogP contribution is 2.29. The molecule has 1 N–H and O–H groups in total. The number of non-ortho nitro benzene ring substituents is 1. The molecule has 0 saturated carbocycles. The highest BCUT2D eigenvalue weighted by atomic mass is 32.1. The standard InChI is InChI=1S/C20H16N4O3S/c1-12-9-14(24(25)26)5-8-16(12)17-10-21-20-22-18(11-23(20)19(17)28)13-3-6-15(27-2)7-4-13/h3-11H,1-2H3,(H,21,22). The molecule has 0 radical (unpaired) electrons. The molecule has 7 nitrogen and oxygen atoms in total. The monoisotopic (exact) mass is 392 g/mol. The fourth-order valence-electron chi connectivity index (χ4n) is 3.13. The first-order valence-electron chi connectivity index (χ1n) is 8.48. The molecule has 140 valence electrons. The van der Waals surface area contributed by atoms with Gasteiger partial charge < -0.3 is 9.72 Å². The Hall–Kier alpha value is -3.52. The molecule has 4 rings (SSSR count). The number of fused-ring (bicyclic) bond motifs is 1. The summed E-state index contributed by atoms with van der Waals surface area (Å²) in [5.41, 5.74) is 4.25. The van der Waals surface area contributed by atoms with Crippen molar-refractivity contribution in [3.63, 3.8) is 0 Å². The lowest BCUT2D eigenvalue weighted by atomic mass is 10.0. The lowest BCUT2D eigenvalue weighted by Gasteiger charge is -2.06. The highest BCUT2D eigenvalue weighted by molar-refractivity contribution is 7.71. The van der Waals surface area contributed by atoms with Gasteiger partial charge >= 0.3 is 0 Å². The molecule has 8 heteroatoms. The average molecular weight is 392 g/mol. The number of benzene rings is 2. The molecule has 0 saturated heterocycles. The number of ether oxygens (including phenoxy) is 1. The van der Waals surface area contributed by atoms with E-state index in [-0.39, 0.29) is 5.69 Å². The van der Waals surface area contributed by atoms with Gasteiger partial charge in [-0.05, 0) is 53.9 Å². The number of aryl methyl sites for hydroxylation is 1. The van der Waals surface area contributed by atoms with Crippen molar-refractivity contribution in [2.75, 3.05) is 7.11 Å². The van der Waals surface area contributed by atoms with Crippen molar-refractivity contribution >= 4 is 23.7 Å². The van der Waals surface area contributed by atoms with Crippen LogP contribution in [0.4, 0.5) is 5.69 Å². The summed E-state index contributed by atoms with van der Waals surface area (Å²) >= 11 is 5.67. The number of methoxy groups -OCH3 is 1. The maximum atomic E-state index is 11.0. The summed E-state index contributed by atoms with van der Waals surface area (Å²) in [7, 11) is 1.63. The Bertz CT molecular complexity index is 1260. The number of imidazole rings is 1. The lowest BCUT2D eigenvalue weighted by Crippen LogP contribution is -1.95. The van der Waals surface area contributed by atoms with Gasteiger partial charge in [-0.15, -0.1) is 0 Å². The summed E-state index contributed by atoms with van der Waals surface area (Å²) < 4.78 is 7.59. The van der Waals surface area contributed by atoms with Crippen molar-refractivity contribution in [1.29, 1.82) is 0 Å². The zero-order valence-electron chi connectivity index (χ0n) is 15.2. The van der Waals surface area contributed by atoms with E-state index in [1.165, 1.54) is 6.07 Å². The van der Waals surface area contributed by atoms with E-state index in [1.807, 2.05) is 41.8 Å². The Balaban J connectivity index is 1.81. The first-order chi connectivity index (χ1) is 13.5. The highest BCUT2D eigenvalue weighted by Gasteiger charge is 2.13. The van der Waals surface area contributed by atoms with Gasteiger partial charge in [0.25, 0.3) is 5.69 Å². The van der Waals surface area contributed by atoms with E-state index in [0.717, 1.165) is 33.7 Å². The van der Waals surface area contributed by atoms with Crippen molar-refractivity contribution in [1.82, 2.24) is 14.4 Å². The lowest BCUT2D eigenvalue weighted by molar-refractivity contribution is -0.384. The Kier molecular flexibility index (Phi) is 4.40. The van der Waals surface area contributed by atoms with Crippen molar-refractivity contribution in [2.24, 2.45) is 0 Å². The molecule has 2 aromatic carbocycles. The molecule has 0 spiro atoms. The van der Waals surface area contributed by atoms with Crippen molar-refractivity contribution < 1.29 is 9.66 Å². The summed E-state index contributed by atoms with van der Waals surface area (Å²) in [5.74, 6) is 1.41. The molecule has 0 aliphatic carbocycles. The topological polar surface area (TPSA) is 85.5 Å². The molecule has 2 heterocycles. The quantitative estimate of drug-likeness (QED) is 0.302. The SMILES string of the molecule is COc1ccc(-c2cn3c(=S)c(-c4ccc([N+](=O)[O-])cc4C)cnc3[nH]2)cc1. The fraction of sp³-hybridized carbons (Fsp3) is 0.100. The fourth-order valence-corrected chi connectivity index (χ4v) is 3.43. The van der Waals surface area contributed by atoms with E-state index in [2.05, 4.69) is 9.97 Å². The van der Waals surface area contributed by atoms with Crippen LogP contribution >= 0.6 is 12.2 Å². The summed E-state index contributed by atoms with van der Waals surface area (Å²) in [6.45, 7) is 1.83. The van der Waals surface area contributed by atoms with E-state index in [9.17, 15) is 10.1 Å². The van der Waals surface area contributed by atoms with Gasteiger partial charge in [0.15, 0.2) is 0 Å². The van der Waals surface area contributed by atoms with Crippen LogP contribution in [0.3, 0.4) is 0 Å². The van der Waals surface area contributed by atoms with E-state index >= 15 is 0 Å². The molecule has 0 fully saturated rings. The maximum Gasteiger partial charge on any atom is 0.269 e. The molecule has 0 unspecified atom stereocenters. The van der Waals surface area contributed by atoms with Crippen LogP contribution in [-0.4, -0.2) is 26.4 Å². The van der Waals surface area contributed by atoms with Gasteiger partial charge in [0, 0.05) is 30.1 Å². The number of aromatic amines is 1. The molecule has 0 aliphatic rings. The molecule has 0 amide bonds. The Morgan fingerprint density at radius 2 is 1.93 bits per heavy atom. The third-order valence-corrected chi connectivity index (χ3v) is 5.03. The number of hydrogen-bond donors (Lipinski definition) is 1. The maximum absolute atomic E-state index is 11.0. The minimum atomic E-state index is -0.408. The van der Waals surface area contributed by atoms with Crippen LogP contribution in [0.25, 0.3) is 28.2 Å². The third-order valence-electron chi connectivity index (χ3n) is 4.61. The van der Waals surface area contributed by atoms with Gasteiger partial charge in [0.2, 0.25) is 5.78 Å². The molecule has 28 heavy (non-hydrogen) atoms. The predicted molar refractivity (Wildman–Crippen MR) is 109 cm³/mol. The van der Waals surface area contributed by atoms with Crippen molar-refractivity contribution in [3.05, 3.63) is 75.2 Å². The first-order valence-corrected chi connectivity index (χ1v) is 8.89. The van der Waals surface area contributed by atoms with E-state index in [4.69, 9.17) is 17.0 Å². The number of nitrogens with one attached hydrogen (secondary N) is 1. The number of nitro groups is 1. The molecular weight excluding hydrogens is 376 g/mol. The van der Waals surface area contributed by atoms with Crippen LogP contribution in [0.5, 0.6) is 5.75 Å². The zero-order chi connectivity index (χ0) is 19.8. The summed E-state index contributed by atoms with van der Waals surface area (Å²) in [6, 6.07) is 12.4. The van der Waals surface area contributed by atoms with Crippen LogP contribution < -0.4 is 4.74 Å². The summed E-state index contributed by atoms with van der Waals surface area (Å²) in [6.07, 6.45) is 3.59. The number of rotatable bonds is 4. The van der Waals surface area contributed by atoms with Gasteiger partial charge in [-0.25, -0.2) is 4.98 Å². The molecule has 0 bridgehead atoms. The van der Waals surface area contributed by atoms with Crippen LogP contribution in [0, 0.1) is 21.7 Å². The second-order valence-electron chi connectivity index (χ2n) is 6.32. The van der Waals surface area contributed by atoms with Crippen molar-refractivity contribution in [3.8, 4) is 28.1 Å². The van der Waals surface area contributed by atoms with E-state index < -0.39 is 4.92 Å². The van der Waals surface area contributed by atoms with Crippen molar-refractivity contribution in [2.45, 2.75) is 6.92 Å². The first kappa shape index (κ1) is 17.9. The smallest absolute Gasteiger partial charge is 0.269 e. The predicted octanol–water partition coefficient (Wildman–Crippen LogP) is 4.95. The van der Waals surface area contributed by atoms with Crippen LogP contribution in [0.15, 0.2) is 54.9 Å². The van der Waals surface area contributed by atoms with Gasteiger partial charge in [-0.1, -0.05) is 12.2 Å². The minimum Gasteiger partial charge on any atom is -0.497 e. The van der Waals surface area contributed by atoms with Crippen LogP contribution in [0.2, 0.25) is 0 Å². The normalized spacial score (nSPS) is 10.9. The average Bonchev–Trinajstić information content (AvgIpc) is 3.14. The molecule has 4 aromatic rings. The molecule has 0 atom stereocenters. The van der Waals surface area contributed by atoms with E-state index in [0.29, 0.717) is 10.4 Å². The van der Waals surface area contributed by atoms with Gasteiger partial charge in [0.1, 0.15) is 10.4 Å². The molecular formula is C20H16N4O3S. The van der Waals surface area contributed by atoms with Crippen LogP contribution in [0.1, 0.15) is 5.56 Å². The van der Waals surface area contributed by atoms with Gasteiger partial charge in [0.05, 0.1) is 17.7 Å². The number of nitro benzene ring substituents is 1. The zero-order valence-corrected chi connectivity index (χ0v) is 16.0. The van der Waals surface area contributed by atoms with Gasteiger partial charge in [-0.3, -0.25) is 14.5 Å². The molecule has 0 aliphatic heterocycles. The second-order valence-corrected chi connectivity index (χ2v) is 6.71. The Labute approximate surface area is 165 Å². The number of aromatic nitrogens is 3. The number of H-pyrrole nitrogens is 1. The van der Waals surface area contributed by atoms with E-state index in [1.54, 1.807) is 25.4 Å². The van der Waals surface area contributed by atoms with Gasteiger partial charge in [-0.2, -0.15) is 0 Å². The molecule has 2 aromatic heterocycles. The van der Waals surface area contributed by atoms with Crippen LogP contribution in [-0.2, 0) is 0 Å². The number of nitrogens with zero attached hydrogens (tertiary/aromatic N) is 3. The second kappa shape index (κ2) is 6.90.